The van der Waals surface area contributed by atoms with Crippen molar-refractivity contribution in [2.75, 3.05) is 0 Å². The Morgan fingerprint density at radius 3 is 2.32 bits per heavy atom. The summed E-state index contributed by atoms with van der Waals surface area (Å²) in [6.45, 7) is 3.56. The summed E-state index contributed by atoms with van der Waals surface area (Å²) < 4.78 is 117. The summed E-state index contributed by atoms with van der Waals surface area (Å²) in [6, 6.07) is -4.76. The maximum Gasteiger partial charge on any atom is 0.516 e. The first kappa shape index (κ1) is 10.4. The lowest BCUT2D eigenvalue weighted by Gasteiger charge is -2.32. The van der Waals surface area contributed by atoms with Crippen molar-refractivity contribution in [1.82, 2.24) is 9.55 Å². The van der Waals surface area contributed by atoms with Crippen LogP contribution in [-0.2, 0) is 15.5 Å². The summed E-state index contributed by atoms with van der Waals surface area (Å²) in [6.07, 6.45) is -6.16. The lowest BCUT2D eigenvalue weighted by molar-refractivity contribution is -0.137. The van der Waals surface area contributed by atoms with Gasteiger partial charge in [-0.2, -0.15) is 13.2 Å². The van der Waals surface area contributed by atoms with Crippen LogP contribution in [0, 0.1) is 6.85 Å². The maximum atomic E-state index is 13.9. The van der Waals surface area contributed by atoms with E-state index >= 15 is 0 Å². The van der Waals surface area contributed by atoms with Gasteiger partial charge in [-0.1, -0.05) is 12.1 Å². The molecule has 0 saturated carbocycles. The highest BCUT2D eigenvalue weighted by atomic mass is 19.4. The van der Waals surface area contributed by atoms with Gasteiger partial charge < -0.3 is 13.9 Å². The van der Waals surface area contributed by atoms with Crippen molar-refractivity contribution in [3.8, 4) is 5.69 Å². The van der Waals surface area contributed by atoms with E-state index in [2.05, 4.69) is 4.98 Å². The van der Waals surface area contributed by atoms with Gasteiger partial charge >= 0.3 is 13.3 Å². The van der Waals surface area contributed by atoms with Gasteiger partial charge in [0.15, 0.2) is 0 Å². The van der Waals surface area contributed by atoms with Gasteiger partial charge in [0, 0.05) is 10.3 Å². The molecule has 1 aromatic carbocycles. The number of imidazole rings is 1. The topological polar surface area (TPSA) is 36.3 Å². The molecule has 1 saturated heterocycles. The van der Waals surface area contributed by atoms with E-state index in [1.54, 1.807) is 27.7 Å². The van der Waals surface area contributed by atoms with Crippen LogP contribution in [0.4, 0.5) is 13.2 Å². The first-order valence-electron chi connectivity index (χ1n) is 11.4. The molecular formula is C17H20BF3N2O2. The molecule has 8 heteroatoms. The fourth-order valence-electron chi connectivity index (χ4n) is 2.26. The Bertz CT molecular complexity index is 1120. The van der Waals surface area contributed by atoms with E-state index in [4.69, 9.17) is 20.3 Å². The van der Waals surface area contributed by atoms with Gasteiger partial charge in [-0.3, -0.25) is 0 Å². The van der Waals surface area contributed by atoms with Crippen LogP contribution in [0.15, 0.2) is 30.3 Å². The highest BCUT2D eigenvalue weighted by Gasteiger charge is 2.52. The Balaban J connectivity index is 2.41. The molecular weight excluding hydrogens is 332 g/mol. The van der Waals surface area contributed by atoms with Crippen LogP contribution < -0.4 is 5.59 Å². The van der Waals surface area contributed by atoms with E-state index in [9.17, 15) is 13.2 Å². The van der Waals surface area contributed by atoms with Gasteiger partial charge in [0.25, 0.3) is 0 Å². The Labute approximate surface area is 156 Å². The summed E-state index contributed by atoms with van der Waals surface area (Å²) in [5, 5.41) is 0. The molecule has 1 aliphatic rings. The number of benzene rings is 1. The number of hydrogen-bond acceptors (Lipinski definition) is 3. The van der Waals surface area contributed by atoms with Crippen molar-refractivity contribution in [1.29, 1.82) is 0 Å². The van der Waals surface area contributed by atoms with Crippen molar-refractivity contribution in [3.63, 3.8) is 0 Å². The molecule has 3 rings (SSSR count). The zero-order chi connectivity index (χ0) is 25.5. The molecule has 0 radical (unpaired) electrons. The molecule has 0 N–H and O–H groups in total. The second-order valence-corrected chi connectivity index (χ2v) is 6.58. The summed E-state index contributed by atoms with van der Waals surface area (Å²) >= 11 is 0. The minimum absolute atomic E-state index is 0.272. The molecule has 0 atom stereocenters. The van der Waals surface area contributed by atoms with Gasteiger partial charge in [-0.05, 0) is 46.6 Å². The molecule has 0 spiro atoms. The largest absolute Gasteiger partial charge is 0.516 e. The average molecular weight is 360 g/mol. The summed E-state index contributed by atoms with van der Waals surface area (Å²) in [5.74, 6) is -0.993. The third-order valence-corrected chi connectivity index (χ3v) is 4.32. The molecule has 134 valence electrons. The van der Waals surface area contributed by atoms with Crippen molar-refractivity contribution < 1.29 is 33.4 Å². The van der Waals surface area contributed by atoms with Crippen LogP contribution in [0.5, 0.6) is 0 Å². The Morgan fingerprint density at radius 1 is 1.16 bits per heavy atom. The van der Waals surface area contributed by atoms with Gasteiger partial charge in [0.05, 0.1) is 34.9 Å². The zero-order valence-corrected chi connectivity index (χ0v) is 13.9. The molecule has 0 unspecified atom stereocenters. The van der Waals surface area contributed by atoms with Gasteiger partial charge in [-0.25, -0.2) is 4.98 Å². The number of halogens is 3. The predicted molar refractivity (Wildman–Crippen MR) is 89.0 cm³/mol. The molecule has 1 aliphatic heterocycles. The SMILES string of the molecule is [2H]c1c([2H])c([2H])c(C(F)(F)F)c(-n2c(C([2H])([2H])[2H])nc(B3OC(C)(C)C(C)(C)O3)c2[2H])c1[2H]. The van der Waals surface area contributed by atoms with Crippen LogP contribution in [0.1, 0.15) is 50.0 Å². The number of aryl methyl sites for hydroxylation is 1. The van der Waals surface area contributed by atoms with Crippen LogP contribution in [0.25, 0.3) is 5.69 Å². The van der Waals surface area contributed by atoms with Crippen molar-refractivity contribution in [2.45, 2.75) is 51.9 Å². The fraction of sp³-hybridized carbons (Fsp3) is 0.471. The van der Waals surface area contributed by atoms with E-state index in [0.29, 0.717) is 0 Å². The van der Waals surface area contributed by atoms with E-state index in [1.807, 2.05) is 0 Å². The molecule has 1 fully saturated rings. The molecule has 1 aromatic heterocycles. The number of aromatic nitrogens is 2. The number of alkyl halides is 3. The Hall–Kier alpha value is -1.80. The standard InChI is InChI=1S/C17H20BF3N2O2/c1-11-22-14(18-24-15(2,3)16(4,5)25-18)10-23(11)13-9-7-6-8-12(13)17(19,20)21/h6-10H,1-5H3/i1D3,6D,7D,8D,9D,10D. The van der Waals surface area contributed by atoms with Crippen molar-refractivity contribution in [2.24, 2.45) is 0 Å². The van der Waals surface area contributed by atoms with E-state index in [-0.39, 0.29) is 4.57 Å². The molecule has 0 bridgehead atoms. The van der Waals surface area contributed by atoms with Crippen LogP contribution >= 0.6 is 0 Å². The van der Waals surface area contributed by atoms with E-state index in [1.165, 1.54) is 0 Å². The Morgan fingerprint density at radius 2 is 1.76 bits per heavy atom. The van der Waals surface area contributed by atoms with Crippen LogP contribution in [0.2, 0.25) is 0 Å². The summed E-state index contributed by atoms with van der Waals surface area (Å²) in [4.78, 5) is 3.86. The Kier molecular flexibility index (Phi) is 2.33. The number of para-hydroxylation sites is 1. The fourth-order valence-corrected chi connectivity index (χ4v) is 2.26. The molecule has 4 nitrogen and oxygen atoms in total. The molecule has 25 heavy (non-hydrogen) atoms. The second kappa shape index (κ2) is 5.61. The monoisotopic (exact) mass is 360 g/mol. The van der Waals surface area contributed by atoms with E-state index < -0.39 is 84.4 Å². The second-order valence-electron chi connectivity index (χ2n) is 6.58. The molecule has 0 amide bonds. The quantitative estimate of drug-likeness (QED) is 0.770. The van der Waals surface area contributed by atoms with Gasteiger partial charge in [0.2, 0.25) is 0 Å². The summed E-state index contributed by atoms with van der Waals surface area (Å²) in [7, 11) is -1.39. The number of rotatable bonds is 2. The number of nitrogens with zero attached hydrogens (tertiary/aromatic N) is 2. The van der Waals surface area contributed by atoms with Gasteiger partial charge in [-0.15, -0.1) is 0 Å². The minimum atomic E-state index is -5.29. The maximum absolute atomic E-state index is 13.9. The lowest BCUT2D eigenvalue weighted by Crippen LogP contribution is -2.41. The highest BCUT2D eigenvalue weighted by molar-refractivity contribution is 6.61. The predicted octanol–water partition coefficient (Wildman–Crippen LogP) is 3.50. The summed E-state index contributed by atoms with van der Waals surface area (Å²) in [5.41, 5.74) is -5.34. The van der Waals surface area contributed by atoms with Crippen molar-refractivity contribution >= 4 is 12.7 Å². The third-order valence-electron chi connectivity index (χ3n) is 4.32. The highest BCUT2D eigenvalue weighted by Crippen LogP contribution is 2.37. The van der Waals surface area contributed by atoms with Gasteiger partial charge in [0.1, 0.15) is 5.82 Å². The van der Waals surface area contributed by atoms with Crippen LogP contribution in [0.3, 0.4) is 0 Å². The van der Waals surface area contributed by atoms with Crippen LogP contribution in [-0.4, -0.2) is 27.9 Å². The number of hydrogen-bond donors (Lipinski definition) is 0. The average Bonchev–Trinajstić information content (AvgIpc) is 3.08. The van der Waals surface area contributed by atoms with Crippen molar-refractivity contribution in [3.05, 3.63) is 41.7 Å². The minimum Gasteiger partial charge on any atom is -0.398 e. The lowest BCUT2D eigenvalue weighted by atomic mass is 9.86. The first-order chi connectivity index (χ1) is 14.7. The zero-order valence-electron chi connectivity index (χ0n) is 21.9. The third kappa shape index (κ3) is 3.09. The smallest absolute Gasteiger partial charge is 0.398 e. The molecule has 2 heterocycles. The molecule has 2 aromatic rings. The molecule has 0 aliphatic carbocycles. The van der Waals surface area contributed by atoms with E-state index in [0.717, 1.165) is 0 Å². The normalized spacial score (nSPS) is 24.5. The first-order valence-corrected chi connectivity index (χ1v) is 7.35.